The largest absolute Gasteiger partial charge is 0.481 e. The fourth-order valence-electron chi connectivity index (χ4n) is 3.01. The van der Waals surface area contributed by atoms with Crippen molar-refractivity contribution in [2.75, 3.05) is 0 Å². The van der Waals surface area contributed by atoms with Gasteiger partial charge in [0.15, 0.2) is 0 Å². The third kappa shape index (κ3) is 3.49. The van der Waals surface area contributed by atoms with Crippen LogP contribution in [0.2, 0.25) is 0 Å². The number of carbonyl (C=O) groups is 3. The van der Waals surface area contributed by atoms with Gasteiger partial charge in [0.2, 0.25) is 0 Å². The number of carboxylic acids is 2. The summed E-state index contributed by atoms with van der Waals surface area (Å²) in [5.74, 6) is -2.90. The van der Waals surface area contributed by atoms with Gasteiger partial charge in [-0.25, -0.2) is 4.79 Å². The molecule has 0 radical (unpaired) electrons. The van der Waals surface area contributed by atoms with Gasteiger partial charge in [0, 0.05) is 6.42 Å². The summed E-state index contributed by atoms with van der Waals surface area (Å²) in [5.41, 5.74) is 0.389. The summed E-state index contributed by atoms with van der Waals surface area (Å²) in [6.07, 6.45) is -0.521. The Morgan fingerprint density at radius 2 is 1.42 bits per heavy atom. The number of rotatable bonds is 6. The van der Waals surface area contributed by atoms with E-state index in [2.05, 4.69) is 5.32 Å². The fraction of sp³-hybridized carbons (Fsp3) is 0.150. The Bertz CT molecular complexity index is 957. The highest BCUT2D eigenvalue weighted by Gasteiger charge is 2.23. The summed E-state index contributed by atoms with van der Waals surface area (Å²) in [4.78, 5) is 35.0. The second-order valence-electron chi connectivity index (χ2n) is 5.99. The summed E-state index contributed by atoms with van der Waals surface area (Å²) in [6.45, 7) is 0. The summed E-state index contributed by atoms with van der Waals surface area (Å²) in [5, 5.41) is 23.7. The summed E-state index contributed by atoms with van der Waals surface area (Å²) in [7, 11) is 0. The maximum absolute atomic E-state index is 12.9. The highest BCUT2D eigenvalue weighted by Crippen LogP contribution is 2.28. The number of hydrogen-bond donors (Lipinski definition) is 3. The van der Waals surface area contributed by atoms with E-state index in [4.69, 9.17) is 5.11 Å². The van der Waals surface area contributed by atoms with Gasteiger partial charge in [0.25, 0.3) is 5.91 Å². The van der Waals surface area contributed by atoms with Crippen molar-refractivity contribution < 1.29 is 24.6 Å². The molecule has 0 aliphatic heterocycles. The van der Waals surface area contributed by atoms with E-state index >= 15 is 0 Å². The smallest absolute Gasteiger partial charge is 0.326 e. The van der Waals surface area contributed by atoms with Crippen LogP contribution in [0.1, 0.15) is 23.2 Å². The van der Waals surface area contributed by atoms with Crippen LogP contribution >= 0.6 is 0 Å². The summed E-state index contributed by atoms with van der Waals surface area (Å²) >= 11 is 0. The Morgan fingerprint density at radius 3 is 1.92 bits per heavy atom. The van der Waals surface area contributed by atoms with Gasteiger partial charge in [0.05, 0.1) is 5.56 Å². The Balaban J connectivity index is 2.05. The quantitative estimate of drug-likeness (QED) is 0.592. The van der Waals surface area contributed by atoms with Crippen LogP contribution in [0.3, 0.4) is 0 Å². The van der Waals surface area contributed by atoms with Crippen molar-refractivity contribution in [3.8, 4) is 0 Å². The van der Waals surface area contributed by atoms with Crippen molar-refractivity contribution in [1.29, 1.82) is 0 Å². The summed E-state index contributed by atoms with van der Waals surface area (Å²) < 4.78 is 0. The van der Waals surface area contributed by atoms with E-state index in [1.807, 2.05) is 54.6 Å². The van der Waals surface area contributed by atoms with E-state index in [0.717, 1.165) is 10.8 Å². The first-order valence-corrected chi connectivity index (χ1v) is 8.13. The van der Waals surface area contributed by atoms with Crippen LogP contribution in [0, 0.1) is 0 Å². The zero-order valence-corrected chi connectivity index (χ0v) is 13.8. The summed E-state index contributed by atoms with van der Waals surface area (Å²) in [6, 6.07) is 15.5. The Hall–Kier alpha value is -3.41. The molecule has 3 aromatic rings. The van der Waals surface area contributed by atoms with Crippen LogP contribution in [0.4, 0.5) is 0 Å². The van der Waals surface area contributed by atoms with Crippen molar-refractivity contribution in [1.82, 2.24) is 5.32 Å². The van der Waals surface area contributed by atoms with E-state index in [9.17, 15) is 19.5 Å². The third-order valence-corrected chi connectivity index (χ3v) is 4.25. The second-order valence-corrected chi connectivity index (χ2v) is 5.99. The molecule has 6 nitrogen and oxygen atoms in total. The Kier molecular flexibility index (Phi) is 4.84. The molecule has 3 aromatic carbocycles. The predicted octanol–water partition coefficient (Wildman–Crippen LogP) is 3.04. The molecular weight excluding hydrogens is 334 g/mol. The Labute approximate surface area is 149 Å². The first-order chi connectivity index (χ1) is 12.5. The molecule has 0 bridgehead atoms. The molecule has 0 spiro atoms. The minimum absolute atomic E-state index is 0.181. The maximum atomic E-state index is 12.9. The van der Waals surface area contributed by atoms with Crippen molar-refractivity contribution in [3.63, 3.8) is 0 Å². The van der Waals surface area contributed by atoms with E-state index < -0.39 is 23.9 Å². The number of benzene rings is 3. The van der Waals surface area contributed by atoms with Crippen molar-refractivity contribution >= 4 is 39.4 Å². The fourth-order valence-corrected chi connectivity index (χ4v) is 3.01. The monoisotopic (exact) mass is 351 g/mol. The number of amides is 1. The minimum atomic E-state index is -1.27. The predicted molar refractivity (Wildman–Crippen MR) is 97.2 cm³/mol. The zero-order chi connectivity index (χ0) is 18.7. The zero-order valence-electron chi connectivity index (χ0n) is 13.8. The minimum Gasteiger partial charge on any atom is -0.481 e. The van der Waals surface area contributed by atoms with E-state index in [1.165, 1.54) is 0 Å². The van der Waals surface area contributed by atoms with Crippen molar-refractivity contribution in [2.45, 2.75) is 18.9 Å². The Morgan fingerprint density at radius 1 is 0.885 bits per heavy atom. The van der Waals surface area contributed by atoms with Crippen LogP contribution in [0.15, 0.2) is 54.6 Å². The molecule has 132 valence electrons. The van der Waals surface area contributed by atoms with Gasteiger partial charge in [0.1, 0.15) is 6.04 Å². The van der Waals surface area contributed by atoms with E-state index in [1.54, 1.807) is 0 Å². The molecule has 0 aliphatic rings. The molecule has 0 heterocycles. The van der Waals surface area contributed by atoms with Gasteiger partial charge >= 0.3 is 11.9 Å². The lowest BCUT2D eigenvalue weighted by atomic mass is 9.96. The SMILES string of the molecule is O=C(O)CC[C@@H](NC(=O)c1c2ccccc2cc2ccccc12)C(=O)O. The van der Waals surface area contributed by atoms with Crippen LogP contribution in [-0.2, 0) is 9.59 Å². The van der Waals surface area contributed by atoms with Crippen LogP contribution in [0.5, 0.6) is 0 Å². The molecule has 6 heteroatoms. The van der Waals surface area contributed by atoms with Gasteiger partial charge in [-0.15, -0.1) is 0 Å². The first kappa shape index (κ1) is 17.4. The molecular formula is C20H17NO5. The highest BCUT2D eigenvalue weighted by molar-refractivity contribution is 6.18. The van der Waals surface area contributed by atoms with Crippen LogP contribution < -0.4 is 5.32 Å². The standard InChI is InChI=1S/C20H17NO5/c22-17(23)10-9-16(20(25)26)21-19(24)18-14-7-3-1-5-12(14)11-13-6-2-4-8-15(13)18/h1-8,11,16H,9-10H2,(H,21,24)(H,22,23)(H,25,26)/t16-/m1/s1. The molecule has 0 unspecified atom stereocenters. The lowest BCUT2D eigenvalue weighted by Gasteiger charge is -2.16. The normalized spacial score (nSPS) is 12.0. The molecule has 1 atom stereocenters. The van der Waals surface area contributed by atoms with E-state index in [0.29, 0.717) is 16.3 Å². The number of carboxylic acid groups (broad SMARTS) is 2. The maximum Gasteiger partial charge on any atom is 0.326 e. The van der Waals surface area contributed by atoms with Crippen LogP contribution in [-0.4, -0.2) is 34.1 Å². The first-order valence-electron chi connectivity index (χ1n) is 8.13. The van der Waals surface area contributed by atoms with Gasteiger partial charge in [-0.05, 0) is 34.0 Å². The molecule has 0 fully saturated rings. The molecule has 0 aromatic heterocycles. The topological polar surface area (TPSA) is 104 Å². The molecule has 0 saturated carbocycles. The molecule has 1 amide bonds. The van der Waals surface area contributed by atoms with Crippen molar-refractivity contribution in [2.24, 2.45) is 0 Å². The van der Waals surface area contributed by atoms with Gasteiger partial charge in [-0.2, -0.15) is 0 Å². The lowest BCUT2D eigenvalue weighted by molar-refractivity contribution is -0.140. The average Bonchev–Trinajstić information content (AvgIpc) is 2.62. The molecule has 3 rings (SSSR count). The van der Waals surface area contributed by atoms with E-state index in [-0.39, 0.29) is 12.8 Å². The molecule has 26 heavy (non-hydrogen) atoms. The number of hydrogen-bond acceptors (Lipinski definition) is 3. The van der Waals surface area contributed by atoms with Gasteiger partial charge < -0.3 is 15.5 Å². The van der Waals surface area contributed by atoms with Gasteiger partial charge in [-0.3, -0.25) is 9.59 Å². The molecule has 3 N–H and O–H groups in total. The highest BCUT2D eigenvalue weighted by atomic mass is 16.4. The number of carbonyl (C=O) groups excluding carboxylic acids is 1. The second kappa shape index (κ2) is 7.23. The van der Waals surface area contributed by atoms with Gasteiger partial charge in [-0.1, -0.05) is 48.5 Å². The number of nitrogens with one attached hydrogen (secondary N) is 1. The number of fused-ring (bicyclic) bond motifs is 2. The molecule has 0 aliphatic carbocycles. The average molecular weight is 351 g/mol. The lowest BCUT2D eigenvalue weighted by Crippen LogP contribution is -2.41. The third-order valence-electron chi connectivity index (χ3n) is 4.25. The number of aliphatic carboxylic acids is 2. The molecule has 0 saturated heterocycles. The van der Waals surface area contributed by atoms with Crippen LogP contribution in [0.25, 0.3) is 21.5 Å². The van der Waals surface area contributed by atoms with Crippen molar-refractivity contribution in [3.05, 3.63) is 60.2 Å².